The zero-order valence-electron chi connectivity index (χ0n) is 24.2. The first-order chi connectivity index (χ1) is 19.2. The molecular formula is C30H37F8OSi2. The molecular weight excluding hydrogens is 584 g/mol. The lowest BCUT2D eigenvalue weighted by Crippen LogP contribution is -2.52. The van der Waals surface area contributed by atoms with E-state index in [-0.39, 0.29) is 11.1 Å². The summed E-state index contributed by atoms with van der Waals surface area (Å²) in [5.41, 5.74) is -6.70. The summed E-state index contributed by atoms with van der Waals surface area (Å²) in [6.07, 6.45) is 4.34. The van der Waals surface area contributed by atoms with Crippen LogP contribution in [0.5, 0.6) is 5.75 Å². The summed E-state index contributed by atoms with van der Waals surface area (Å²) in [7, 11) is -4.94. The number of rotatable bonds is 10. The highest BCUT2D eigenvalue weighted by Gasteiger charge is 2.56. The van der Waals surface area contributed by atoms with Crippen LogP contribution in [0.1, 0.15) is 77.8 Å². The largest absolute Gasteiger partial charge is 0.539 e. The van der Waals surface area contributed by atoms with Gasteiger partial charge >= 0.3 is 5.92 Å². The molecule has 0 aromatic heterocycles. The lowest BCUT2D eigenvalue weighted by Gasteiger charge is -2.45. The average molecular weight is 622 g/mol. The third-order valence-electron chi connectivity index (χ3n) is 10.1. The number of halogens is 8. The van der Waals surface area contributed by atoms with Gasteiger partial charge in [-0.25, -0.2) is 22.0 Å². The minimum absolute atomic E-state index is 0.0152. The van der Waals surface area contributed by atoms with Gasteiger partial charge in [-0.1, -0.05) is 78.1 Å². The molecule has 1 nitrogen and oxygen atoms in total. The Morgan fingerprint density at radius 1 is 0.756 bits per heavy atom. The highest BCUT2D eigenvalue weighted by molar-refractivity contribution is 6.83. The van der Waals surface area contributed by atoms with Crippen LogP contribution in [0.15, 0.2) is 0 Å². The lowest BCUT2D eigenvalue weighted by molar-refractivity contribution is 0.0391. The number of hydrogen-bond donors (Lipinski definition) is 0. The fourth-order valence-corrected chi connectivity index (χ4v) is 17.8. The SMILES string of the molecule is CC[Si](CC)(CC)CC[Si](Oc1c(F)c(F)c2c(c1F)-c1c(F)c(F)[c]c(F)c1C2(F)F)(C(C)C)C1CCCCC1. The Balaban J connectivity index is 1.95. The van der Waals surface area contributed by atoms with Crippen molar-refractivity contribution in [2.24, 2.45) is 0 Å². The van der Waals surface area contributed by atoms with Gasteiger partial charge in [0.1, 0.15) is 5.82 Å². The van der Waals surface area contributed by atoms with Gasteiger partial charge < -0.3 is 4.43 Å². The number of benzene rings is 2. The predicted molar refractivity (Wildman–Crippen MR) is 149 cm³/mol. The van der Waals surface area contributed by atoms with Gasteiger partial charge in [0.25, 0.3) is 8.32 Å². The van der Waals surface area contributed by atoms with Crippen LogP contribution in [0, 0.1) is 41.0 Å². The molecule has 227 valence electrons. The van der Waals surface area contributed by atoms with Crippen molar-refractivity contribution >= 4 is 16.4 Å². The van der Waals surface area contributed by atoms with E-state index in [0.717, 1.165) is 56.3 Å². The van der Waals surface area contributed by atoms with Crippen LogP contribution in [0.2, 0.25) is 41.3 Å². The zero-order valence-corrected chi connectivity index (χ0v) is 26.2. The summed E-state index contributed by atoms with van der Waals surface area (Å²) in [5.74, 6) is -17.7. The van der Waals surface area contributed by atoms with Crippen LogP contribution >= 0.6 is 0 Å². The molecule has 1 atom stereocenters. The van der Waals surface area contributed by atoms with Crippen LogP contribution in [0.4, 0.5) is 35.1 Å². The van der Waals surface area contributed by atoms with Gasteiger partial charge in [-0.15, -0.1) is 0 Å². The minimum atomic E-state index is -4.66. The zero-order chi connectivity index (χ0) is 30.5. The molecule has 41 heavy (non-hydrogen) atoms. The van der Waals surface area contributed by atoms with Crippen molar-refractivity contribution in [2.75, 3.05) is 0 Å². The van der Waals surface area contributed by atoms with E-state index in [1.54, 1.807) is 0 Å². The van der Waals surface area contributed by atoms with Crippen molar-refractivity contribution in [1.82, 2.24) is 0 Å². The van der Waals surface area contributed by atoms with Crippen molar-refractivity contribution in [1.29, 1.82) is 0 Å². The van der Waals surface area contributed by atoms with Gasteiger partial charge in [0.05, 0.1) is 25.3 Å². The Morgan fingerprint density at radius 3 is 1.85 bits per heavy atom. The molecule has 0 N–H and O–H groups in total. The molecule has 0 spiro atoms. The maximum atomic E-state index is 16.3. The topological polar surface area (TPSA) is 9.23 Å². The van der Waals surface area contributed by atoms with Gasteiger partial charge in [0.15, 0.2) is 29.0 Å². The summed E-state index contributed by atoms with van der Waals surface area (Å²) in [6, 6.07) is 5.65. The lowest BCUT2D eigenvalue weighted by atomic mass is 10.0. The van der Waals surface area contributed by atoms with Crippen LogP contribution < -0.4 is 4.43 Å². The molecule has 0 aliphatic heterocycles. The normalized spacial score (nSPS) is 18.4. The molecule has 2 aliphatic carbocycles. The smallest absolute Gasteiger partial charge is 0.305 e. The van der Waals surface area contributed by atoms with Crippen LogP contribution in [-0.2, 0) is 5.92 Å². The molecule has 2 aliphatic rings. The first-order valence-corrected chi connectivity index (χ1v) is 19.7. The van der Waals surface area contributed by atoms with E-state index in [4.69, 9.17) is 4.43 Å². The second-order valence-corrected chi connectivity index (χ2v) is 22.2. The van der Waals surface area contributed by atoms with Crippen molar-refractivity contribution < 1.29 is 39.5 Å². The molecule has 4 rings (SSSR count). The summed E-state index contributed by atoms with van der Waals surface area (Å²) < 4.78 is 128. The van der Waals surface area contributed by atoms with Crippen LogP contribution in [0.25, 0.3) is 11.1 Å². The number of alkyl halides is 2. The summed E-state index contributed by atoms with van der Waals surface area (Å²) in [4.78, 5) is 0. The molecule has 2 aromatic carbocycles. The van der Waals surface area contributed by atoms with Gasteiger partial charge in [-0.05, 0) is 30.0 Å². The van der Waals surface area contributed by atoms with Crippen molar-refractivity contribution in [2.45, 2.75) is 114 Å². The summed E-state index contributed by atoms with van der Waals surface area (Å²) >= 11 is 0. The third-order valence-corrected chi connectivity index (χ3v) is 22.0. The summed E-state index contributed by atoms with van der Waals surface area (Å²) in [6.45, 7) is 10.3. The number of fused-ring (bicyclic) bond motifs is 3. The number of hydrogen-bond acceptors (Lipinski definition) is 1. The molecule has 0 saturated heterocycles. The van der Waals surface area contributed by atoms with Crippen LogP contribution in [0.3, 0.4) is 0 Å². The predicted octanol–water partition coefficient (Wildman–Crippen LogP) is 11.0. The van der Waals surface area contributed by atoms with Gasteiger partial charge in [0.2, 0.25) is 5.82 Å². The average Bonchev–Trinajstić information content (AvgIpc) is 3.20. The molecule has 1 fully saturated rings. The van der Waals surface area contributed by atoms with E-state index in [9.17, 15) is 13.2 Å². The van der Waals surface area contributed by atoms with Gasteiger partial charge in [0, 0.05) is 11.1 Å². The Hall–Kier alpha value is -1.89. The van der Waals surface area contributed by atoms with Crippen LogP contribution in [-0.4, -0.2) is 16.4 Å². The Kier molecular flexibility index (Phi) is 9.11. The minimum Gasteiger partial charge on any atom is -0.539 e. The molecule has 1 saturated carbocycles. The Morgan fingerprint density at radius 2 is 1.32 bits per heavy atom. The monoisotopic (exact) mass is 621 g/mol. The molecule has 1 radical (unpaired) electrons. The standard InChI is InChI=1S/C30H37F8OSi2/c1-6-40(7-2,8-3)14-15-41(17(4)5,18-12-10-9-11-13-18)39-29-26(34)22-21-23(19(31)16-20(32)25(21)33)30(37,38)24(22)27(35)28(29)36/h17-18H,6-15H2,1-5H3. The maximum absolute atomic E-state index is 16.3. The Bertz CT molecular complexity index is 1300. The first-order valence-electron chi connectivity index (χ1n) is 14.6. The van der Waals surface area contributed by atoms with Crippen molar-refractivity contribution in [3.05, 3.63) is 52.1 Å². The summed E-state index contributed by atoms with van der Waals surface area (Å²) in [5, 5.41) is 0. The molecule has 11 heteroatoms. The van der Waals surface area contributed by atoms with E-state index in [2.05, 4.69) is 20.8 Å². The molecule has 2 aromatic rings. The highest BCUT2D eigenvalue weighted by Crippen LogP contribution is 2.58. The molecule has 1 unspecified atom stereocenters. The van der Waals surface area contributed by atoms with E-state index < -0.39 is 85.2 Å². The second-order valence-electron chi connectivity index (χ2n) is 12.0. The quantitative estimate of drug-likeness (QED) is 0.146. The second kappa shape index (κ2) is 11.7. The molecule has 0 heterocycles. The highest BCUT2D eigenvalue weighted by atomic mass is 28.4. The molecule has 0 bridgehead atoms. The third kappa shape index (κ3) is 5.06. The van der Waals surface area contributed by atoms with Crippen molar-refractivity contribution in [3.8, 4) is 16.9 Å². The van der Waals surface area contributed by atoms with Gasteiger partial charge in [-0.2, -0.15) is 13.2 Å². The van der Waals surface area contributed by atoms with E-state index >= 15 is 22.0 Å². The maximum Gasteiger partial charge on any atom is 0.305 e. The van der Waals surface area contributed by atoms with Gasteiger partial charge in [-0.3, -0.25) is 0 Å². The Labute approximate surface area is 238 Å². The fourth-order valence-electron chi connectivity index (χ4n) is 7.19. The molecule has 0 amide bonds. The van der Waals surface area contributed by atoms with E-state index in [1.165, 1.54) is 6.07 Å². The fraction of sp³-hybridized carbons (Fsp3) is 0.600. The van der Waals surface area contributed by atoms with E-state index in [1.807, 2.05) is 13.8 Å². The first kappa shape index (κ1) is 32.0. The van der Waals surface area contributed by atoms with E-state index in [0.29, 0.717) is 6.04 Å². The van der Waals surface area contributed by atoms with Crippen molar-refractivity contribution in [3.63, 3.8) is 0 Å².